The summed E-state index contributed by atoms with van der Waals surface area (Å²) in [6, 6.07) is 0. The van der Waals surface area contributed by atoms with Crippen LogP contribution in [0, 0.1) is 0 Å². The molecule has 0 aliphatic heterocycles. The van der Waals surface area contributed by atoms with Crippen molar-refractivity contribution >= 4 is 46.1 Å². The molecule has 6 N–H and O–H groups in total. The Morgan fingerprint density at radius 1 is 0.889 bits per heavy atom. The van der Waals surface area contributed by atoms with Gasteiger partial charge in [0.1, 0.15) is 27.6 Å². The molecular weight excluding hydrogens is 523 g/mol. The number of hydrogen-bond acceptors (Lipinski definition) is 12. The number of nitrogens with two attached hydrogens (primary N) is 2. The number of rotatable bonds is 16. The lowest BCUT2D eigenvalue weighted by Gasteiger charge is -2.33. The van der Waals surface area contributed by atoms with Crippen LogP contribution < -0.4 is 11.5 Å². The molecule has 36 heavy (non-hydrogen) atoms. The molecule has 0 spiro atoms. The minimum Gasteiger partial charge on any atom is -0.426 e. The van der Waals surface area contributed by atoms with E-state index in [0.717, 1.165) is 12.1 Å². The zero-order chi connectivity index (χ0) is 29.9. The van der Waals surface area contributed by atoms with E-state index in [1.54, 1.807) is 7.11 Å². The summed E-state index contributed by atoms with van der Waals surface area (Å²) in [5.41, 5.74) is 10.3. The van der Waals surface area contributed by atoms with Crippen LogP contribution in [0.4, 0.5) is 0 Å². The molecule has 0 radical (unpaired) electrons. The standard InChI is InChI=1S/C11H27NO5Si.C4H11NOSi.C2H9NOSi.C2H4.2CH2O/c1-4-15-18(16-5-2,17-6-3)11-12(7-9-13)8-10-14;1-7(2,3-5)4-6;1-4-5-2-3;3*1-2/h13-14H,4-11H2,1-3H3;4H,3,5H2,1-2H3;2-3,5H2,1H3;1-2H2;2*1H2. The monoisotopic (exact) mass is 577 g/mol. The van der Waals surface area contributed by atoms with Gasteiger partial charge in [-0.15, -0.1) is 13.2 Å². The van der Waals surface area contributed by atoms with E-state index in [2.05, 4.69) is 13.2 Å². The average Bonchev–Trinajstić information content (AvgIpc) is 2.90. The number of nitrogens with zero attached hydrogens (tertiary/aromatic N) is 1. The molecular formula is C21H55N3O9Si3. The fourth-order valence-corrected chi connectivity index (χ4v) is 4.95. The van der Waals surface area contributed by atoms with Gasteiger partial charge in [-0.1, -0.05) is 13.1 Å². The first kappa shape index (κ1) is 48.1. The summed E-state index contributed by atoms with van der Waals surface area (Å²) in [5, 5.41) is 18.0. The van der Waals surface area contributed by atoms with Crippen LogP contribution >= 0.6 is 0 Å². The van der Waals surface area contributed by atoms with Gasteiger partial charge in [-0.05, 0) is 26.9 Å². The van der Waals surface area contributed by atoms with Crippen molar-refractivity contribution in [1.82, 2.24) is 4.90 Å². The zero-order valence-corrected chi connectivity index (χ0v) is 27.0. The fourth-order valence-electron chi connectivity index (χ4n) is 1.91. The molecule has 0 unspecified atom stereocenters. The minimum atomic E-state index is -2.73. The number of carbonyl (C=O) groups is 3. The van der Waals surface area contributed by atoms with Gasteiger partial charge in [0.05, 0.1) is 19.4 Å². The SMILES string of the molecule is C=C.C=O.C=O.CCO[Si](CN(CCO)CCO)(OCC)OCC.CO[SiH2]CN.C[Si](C)(C=O)CN. The summed E-state index contributed by atoms with van der Waals surface area (Å²) in [6.45, 7) is 22.2. The van der Waals surface area contributed by atoms with Crippen LogP contribution in [-0.4, -0.2) is 133 Å². The molecule has 0 aliphatic carbocycles. The number of aliphatic hydroxyl groups is 2. The minimum absolute atomic E-state index is 0.0366. The maximum Gasteiger partial charge on any atom is 0.515 e. The van der Waals surface area contributed by atoms with Crippen LogP contribution in [0.3, 0.4) is 0 Å². The lowest BCUT2D eigenvalue weighted by atomic mass is 10.5. The topological polar surface area (TPSA) is 184 Å². The van der Waals surface area contributed by atoms with E-state index >= 15 is 0 Å². The summed E-state index contributed by atoms with van der Waals surface area (Å²) < 4.78 is 21.9. The Hall–Kier alpha value is -0.959. The fraction of sp³-hybridized carbons (Fsp3) is 0.762. The van der Waals surface area contributed by atoms with Crippen LogP contribution in [0.5, 0.6) is 0 Å². The van der Waals surface area contributed by atoms with Crippen molar-refractivity contribution in [2.24, 2.45) is 11.5 Å². The van der Waals surface area contributed by atoms with Gasteiger partial charge in [-0.25, -0.2) is 0 Å². The lowest BCUT2D eigenvalue weighted by Crippen LogP contribution is -2.56. The highest BCUT2D eigenvalue weighted by Gasteiger charge is 2.42. The van der Waals surface area contributed by atoms with E-state index in [-0.39, 0.29) is 23.0 Å². The molecule has 0 fully saturated rings. The third-order valence-corrected chi connectivity index (χ3v) is 8.86. The van der Waals surface area contributed by atoms with E-state index in [1.165, 1.54) is 0 Å². The Labute approximate surface area is 223 Å². The van der Waals surface area contributed by atoms with Gasteiger partial charge in [0, 0.05) is 46.2 Å². The highest BCUT2D eigenvalue weighted by atomic mass is 28.4. The molecule has 0 heterocycles. The van der Waals surface area contributed by atoms with Crippen molar-refractivity contribution in [2.45, 2.75) is 33.9 Å². The Balaban J connectivity index is -0.000000103. The van der Waals surface area contributed by atoms with Crippen molar-refractivity contribution in [3.63, 3.8) is 0 Å². The highest BCUT2D eigenvalue weighted by Crippen LogP contribution is 2.12. The zero-order valence-electron chi connectivity index (χ0n) is 23.5. The van der Waals surface area contributed by atoms with Crippen molar-refractivity contribution in [1.29, 1.82) is 0 Å². The largest absolute Gasteiger partial charge is 0.515 e. The average molecular weight is 578 g/mol. The van der Waals surface area contributed by atoms with Crippen LogP contribution in [0.1, 0.15) is 20.8 Å². The van der Waals surface area contributed by atoms with Gasteiger partial charge >= 0.3 is 8.80 Å². The third-order valence-electron chi connectivity index (χ3n) is 3.51. The highest BCUT2D eigenvalue weighted by molar-refractivity contribution is 6.99. The molecule has 220 valence electrons. The Morgan fingerprint density at radius 2 is 1.25 bits per heavy atom. The molecule has 0 aromatic rings. The predicted octanol–water partition coefficient (Wildman–Crippen LogP) is -1.11. The lowest BCUT2D eigenvalue weighted by molar-refractivity contribution is -0.0987. The number of hydrogen-bond donors (Lipinski definition) is 4. The van der Waals surface area contributed by atoms with E-state index < -0.39 is 16.9 Å². The van der Waals surface area contributed by atoms with Crippen LogP contribution in [0.25, 0.3) is 0 Å². The molecule has 0 aromatic heterocycles. The van der Waals surface area contributed by atoms with E-state index in [1.807, 2.05) is 52.3 Å². The summed E-state index contributed by atoms with van der Waals surface area (Å²) in [5.74, 6) is 1.01. The maximum absolute atomic E-state index is 10.0. The summed E-state index contributed by atoms with van der Waals surface area (Å²) >= 11 is 0. The molecule has 0 rings (SSSR count). The van der Waals surface area contributed by atoms with Gasteiger partial charge in [0.15, 0.2) is 9.76 Å². The second-order valence-corrected chi connectivity index (χ2v) is 15.5. The molecule has 0 atom stereocenters. The van der Waals surface area contributed by atoms with Gasteiger partial charge in [0.2, 0.25) is 0 Å². The second kappa shape index (κ2) is 41.2. The quantitative estimate of drug-likeness (QED) is 0.0987. The Kier molecular flexibility index (Phi) is 55.1. The molecule has 0 amide bonds. The predicted molar refractivity (Wildman–Crippen MR) is 155 cm³/mol. The van der Waals surface area contributed by atoms with E-state index in [4.69, 9.17) is 49.0 Å². The molecule has 0 aromatic carbocycles. The maximum atomic E-state index is 10.0. The van der Waals surface area contributed by atoms with Gasteiger partial charge in [-0.3, -0.25) is 4.90 Å². The van der Waals surface area contributed by atoms with E-state index in [9.17, 15) is 4.79 Å². The van der Waals surface area contributed by atoms with Crippen molar-refractivity contribution in [3.8, 4) is 0 Å². The summed E-state index contributed by atoms with van der Waals surface area (Å²) in [4.78, 5) is 27.9. The summed E-state index contributed by atoms with van der Waals surface area (Å²) in [6.07, 6.45) is 1.82. The second-order valence-electron chi connectivity index (χ2n) is 6.80. The molecule has 0 saturated carbocycles. The number of carbonyl (C=O) groups excluding carboxylic acids is 3. The van der Waals surface area contributed by atoms with Gasteiger partial charge < -0.3 is 53.8 Å². The van der Waals surface area contributed by atoms with Crippen molar-refractivity contribution in [2.75, 3.05) is 71.7 Å². The van der Waals surface area contributed by atoms with Crippen LogP contribution in [0.2, 0.25) is 13.1 Å². The molecule has 0 aliphatic rings. The van der Waals surface area contributed by atoms with Crippen LogP contribution in [-0.2, 0) is 32.1 Å². The first-order chi connectivity index (χ1) is 17.2. The van der Waals surface area contributed by atoms with Gasteiger partial charge in [-0.2, -0.15) is 0 Å². The van der Waals surface area contributed by atoms with Crippen molar-refractivity contribution in [3.05, 3.63) is 13.2 Å². The molecule has 0 saturated heterocycles. The first-order valence-corrected chi connectivity index (χ1v) is 18.3. The first-order valence-electron chi connectivity index (χ1n) is 11.5. The normalized spacial score (nSPS) is 10.2. The molecule has 12 nitrogen and oxygen atoms in total. The number of aliphatic hydroxyl groups excluding tert-OH is 2. The smallest absolute Gasteiger partial charge is 0.426 e. The van der Waals surface area contributed by atoms with Crippen LogP contribution in [0.15, 0.2) is 13.2 Å². The van der Waals surface area contributed by atoms with Gasteiger partial charge in [0.25, 0.3) is 0 Å². The summed E-state index contributed by atoms with van der Waals surface area (Å²) in [7, 11) is -2.88. The third kappa shape index (κ3) is 37.6. The Morgan fingerprint density at radius 3 is 1.39 bits per heavy atom. The van der Waals surface area contributed by atoms with Crippen molar-refractivity contribution < 1.29 is 42.3 Å². The molecule has 15 heteroatoms. The molecule has 0 bridgehead atoms. The van der Waals surface area contributed by atoms with E-state index in [0.29, 0.717) is 45.2 Å². The Bertz CT molecular complexity index is 390.